The summed E-state index contributed by atoms with van der Waals surface area (Å²) in [6.07, 6.45) is 2.48. The molecule has 6 nitrogen and oxygen atoms in total. The van der Waals surface area contributed by atoms with Crippen molar-refractivity contribution in [2.24, 2.45) is 7.05 Å². The second-order valence-electron chi connectivity index (χ2n) is 3.79. The number of aryl methyl sites for hydroxylation is 1. The molecule has 0 amide bonds. The summed E-state index contributed by atoms with van der Waals surface area (Å²) >= 11 is 0. The van der Waals surface area contributed by atoms with Gasteiger partial charge in [-0.05, 0) is 12.1 Å². The summed E-state index contributed by atoms with van der Waals surface area (Å²) in [6, 6.07) is 3.63. The Balaban J connectivity index is 1.69. The van der Waals surface area contributed by atoms with E-state index in [0.29, 0.717) is 12.3 Å². The highest BCUT2D eigenvalue weighted by molar-refractivity contribution is 5.06. The van der Waals surface area contributed by atoms with Gasteiger partial charge >= 0.3 is 0 Å². The van der Waals surface area contributed by atoms with E-state index in [9.17, 15) is 0 Å². The maximum atomic E-state index is 8.84. The minimum atomic E-state index is -0.0577. The van der Waals surface area contributed by atoms with Gasteiger partial charge in [0.05, 0.1) is 6.54 Å². The van der Waals surface area contributed by atoms with Crippen molar-refractivity contribution in [3.63, 3.8) is 0 Å². The lowest BCUT2D eigenvalue weighted by molar-refractivity contribution is 0.243. The van der Waals surface area contributed by atoms with Gasteiger partial charge < -0.3 is 14.8 Å². The smallest absolute Gasteiger partial charge is 0.151 e. The summed E-state index contributed by atoms with van der Waals surface area (Å²) in [4.78, 5) is 4.13. The number of nitrogens with one attached hydrogen (secondary N) is 1. The summed E-state index contributed by atoms with van der Waals surface area (Å²) < 4.78 is 7.03. The molecule has 0 saturated carbocycles. The van der Waals surface area contributed by atoms with Gasteiger partial charge in [0.25, 0.3) is 0 Å². The standard InChI is InChI=1S/C11H16N4O2/c1-15-8-13-11(14-15)4-5-12-6-9-2-3-10(7-16)17-9/h2-3,8,12,16H,4-7H2,1H3. The van der Waals surface area contributed by atoms with Crippen LogP contribution in [0.15, 0.2) is 22.9 Å². The minimum absolute atomic E-state index is 0.0577. The first-order valence-electron chi connectivity index (χ1n) is 5.51. The Kier molecular flexibility index (Phi) is 3.89. The quantitative estimate of drug-likeness (QED) is 0.702. The van der Waals surface area contributed by atoms with Gasteiger partial charge in [0, 0.05) is 20.0 Å². The topological polar surface area (TPSA) is 76.1 Å². The zero-order valence-corrected chi connectivity index (χ0v) is 9.76. The fourth-order valence-corrected chi connectivity index (χ4v) is 1.51. The number of hydrogen-bond donors (Lipinski definition) is 2. The normalized spacial score (nSPS) is 10.9. The predicted molar refractivity (Wildman–Crippen MR) is 61.0 cm³/mol. The maximum absolute atomic E-state index is 8.84. The van der Waals surface area contributed by atoms with Gasteiger partial charge in [0.2, 0.25) is 0 Å². The SMILES string of the molecule is Cn1cnc(CCNCc2ccc(CO)o2)n1. The van der Waals surface area contributed by atoms with E-state index in [0.717, 1.165) is 24.6 Å². The van der Waals surface area contributed by atoms with Crippen molar-refractivity contribution in [2.75, 3.05) is 6.54 Å². The van der Waals surface area contributed by atoms with E-state index >= 15 is 0 Å². The molecule has 0 saturated heterocycles. The molecule has 0 atom stereocenters. The zero-order valence-electron chi connectivity index (χ0n) is 9.76. The van der Waals surface area contributed by atoms with Crippen LogP contribution in [0.2, 0.25) is 0 Å². The van der Waals surface area contributed by atoms with Crippen LogP contribution in [0, 0.1) is 0 Å². The molecule has 2 N–H and O–H groups in total. The third kappa shape index (κ3) is 3.40. The molecular weight excluding hydrogens is 220 g/mol. The highest BCUT2D eigenvalue weighted by atomic mass is 16.4. The fourth-order valence-electron chi connectivity index (χ4n) is 1.51. The van der Waals surface area contributed by atoms with E-state index in [1.807, 2.05) is 13.1 Å². The Morgan fingerprint density at radius 2 is 2.24 bits per heavy atom. The van der Waals surface area contributed by atoms with Gasteiger partial charge in [-0.2, -0.15) is 5.10 Å². The van der Waals surface area contributed by atoms with E-state index in [1.165, 1.54) is 0 Å². The Bertz CT molecular complexity index is 463. The van der Waals surface area contributed by atoms with Crippen LogP contribution < -0.4 is 5.32 Å². The average molecular weight is 236 g/mol. The molecule has 2 heterocycles. The second kappa shape index (κ2) is 5.60. The van der Waals surface area contributed by atoms with Crippen molar-refractivity contribution < 1.29 is 9.52 Å². The number of aliphatic hydroxyl groups is 1. The highest BCUT2D eigenvalue weighted by Crippen LogP contribution is 2.06. The first kappa shape index (κ1) is 11.8. The van der Waals surface area contributed by atoms with Crippen LogP contribution in [0.25, 0.3) is 0 Å². The van der Waals surface area contributed by atoms with Crippen LogP contribution in [-0.2, 0) is 26.6 Å². The summed E-state index contributed by atoms with van der Waals surface area (Å²) in [5.74, 6) is 2.24. The van der Waals surface area contributed by atoms with Crippen LogP contribution in [0.3, 0.4) is 0 Å². The van der Waals surface area contributed by atoms with Gasteiger partial charge in [-0.25, -0.2) is 4.98 Å². The summed E-state index contributed by atoms with van der Waals surface area (Å²) in [6.45, 7) is 1.38. The Morgan fingerprint density at radius 3 is 2.88 bits per heavy atom. The molecule has 2 aromatic rings. The lowest BCUT2D eigenvalue weighted by Crippen LogP contribution is -2.16. The monoisotopic (exact) mass is 236 g/mol. The molecule has 17 heavy (non-hydrogen) atoms. The third-order valence-electron chi connectivity index (χ3n) is 2.34. The molecule has 92 valence electrons. The van der Waals surface area contributed by atoms with Gasteiger partial charge in [-0.3, -0.25) is 4.68 Å². The van der Waals surface area contributed by atoms with Crippen molar-refractivity contribution in [3.05, 3.63) is 35.8 Å². The number of aromatic nitrogens is 3. The molecule has 0 spiro atoms. The highest BCUT2D eigenvalue weighted by Gasteiger charge is 2.01. The lowest BCUT2D eigenvalue weighted by atomic mass is 10.4. The molecule has 0 aliphatic rings. The molecule has 2 aromatic heterocycles. The van der Waals surface area contributed by atoms with E-state index in [2.05, 4.69) is 15.4 Å². The number of hydrogen-bond acceptors (Lipinski definition) is 5. The molecule has 0 aliphatic heterocycles. The molecule has 0 unspecified atom stereocenters. The minimum Gasteiger partial charge on any atom is -0.462 e. The first-order valence-corrected chi connectivity index (χ1v) is 5.51. The van der Waals surface area contributed by atoms with Crippen LogP contribution in [0.4, 0.5) is 0 Å². The van der Waals surface area contributed by atoms with Crippen LogP contribution in [0.1, 0.15) is 17.3 Å². The van der Waals surface area contributed by atoms with Gasteiger partial charge in [0.1, 0.15) is 24.5 Å². The molecular formula is C11H16N4O2. The second-order valence-corrected chi connectivity index (χ2v) is 3.79. The van der Waals surface area contributed by atoms with E-state index in [1.54, 1.807) is 17.1 Å². The van der Waals surface area contributed by atoms with Crippen molar-refractivity contribution in [1.82, 2.24) is 20.1 Å². The zero-order chi connectivity index (χ0) is 12.1. The van der Waals surface area contributed by atoms with Crippen LogP contribution >= 0.6 is 0 Å². The maximum Gasteiger partial charge on any atom is 0.151 e. The van der Waals surface area contributed by atoms with Crippen molar-refractivity contribution >= 4 is 0 Å². The van der Waals surface area contributed by atoms with E-state index in [-0.39, 0.29) is 6.61 Å². The lowest BCUT2D eigenvalue weighted by Gasteiger charge is -2.00. The molecule has 2 rings (SSSR count). The largest absolute Gasteiger partial charge is 0.462 e. The van der Waals surface area contributed by atoms with Gasteiger partial charge in [-0.1, -0.05) is 0 Å². The Labute approximate surface area is 99.3 Å². The van der Waals surface area contributed by atoms with E-state index in [4.69, 9.17) is 9.52 Å². The average Bonchev–Trinajstić information content (AvgIpc) is 2.93. The van der Waals surface area contributed by atoms with Gasteiger partial charge in [-0.15, -0.1) is 0 Å². The Morgan fingerprint density at radius 1 is 1.41 bits per heavy atom. The summed E-state index contributed by atoms with van der Waals surface area (Å²) in [5, 5.41) is 16.3. The summed E-state index contributed by atoms with van der Waals surface area (Å²) in [5.41, 5.74) is 0. The van der Waals surface area contributed by atoms with Crippen LogP contribution in [0.5, 0.6) is 0 Å². The summed E-state index contributed by atoms with van der Waals surface area (Å²) in [7, 11) is 1.85. The van der Waals surface area contributed by atoms with Crippen molar-refractivity contribution in [1.29, 1.82) is 0 Å². The molecule has 0 radical (unpaired) electrons. The molecule has 0 aliphatic carbocycles. The first-order chi connectivity index (χ1) is 8.28. The van der Waals surface area contributed by atoms with E-state index < -0.39 is 0 Å². The molecule has 0 bridgehead atoms. The fraction of sp³-hybridized carbons (Fsp3) is 0.455. The van der Waals surface area contributed by atoms with Crippen molar-refractivity contribution in [3.8, 4) is 0 Å². The predicted octanol–water partition coefficient (Wildman–Crippen LogP) is 0.233. The molecule has 6 heteroatoms. The molecule has 0 aromatic carbocycles. The van der Waals surface area contributed by atoms with Crippen LogP contribution in [-0.4, -0.2) is 26.4 Å². The number of rotatable bonds is 6. The third-order valence-corrected chi connectivity index (χ3v) is 2.34. The number of aliphatic hydroxyl groups excluding tert-OH is 1. The molecule has 0 fully saturated rings. The van der Waals surface area contributed by atoms with Crippen molar-refractivity contribution in [2.45, 2.75) is 19.6 Å². The Hall–Kier alpha value is -1.66. The van der Waals surface area contributed by atoms with Gasteiger partial charge in [0.15, 0.2) is 5.82 Å². The number of furan rings is 1. The number of nitrogens with zero attached hydrogens (tertiary/aromatic N) is 3.